The lowest BCUT2D eigenvalue weighted by Crippen LogP contribution is -2.18. The van der Waals surface area contributed by atoms with Crippen LogP contribution in [-0.4, -0.2) is 9.97 Å². The molecule has 78 valence electrons. The Labute approximate surface area is 89.6 Å². The van der Waals surface area contributed by atoms with E-state index in [9.17, 15) is 0 Å². The second-order valence-corrected chi connectivity index (χ2v) is 3.58. The van der Waals surface area contributed by atoms with E-state index in [1.54, 1.807) is 0 Å². The summed E-state index contributed by atoms with van der Waals surface area (Å²) in [5.41, 5.74) is 2.34. The third kappa shape index (κ3) is 2.67. The molecular formula is C12H15N3. The Kier molecular flexibility index (Phi) is 3.15. The monoisotopic (exact) mass is 201 g/mol. The van der Waals surface area contributed by atoms with Crippen LogP contribution in [0.3, 0.4) is 0 Å². The van der Waals surface area contributed by atoms with Crippen molar-refractivity contribution in [3.8, 4) is 0 Å². The first-order chi connectivity index (χ1) is 7.36. The third-order valence-corrected chi connectivity index (χ3v) is 2.41. The molecule has 15 heavy (non-hydrogen) atoms. The van der Waals surface area contributed by atoms with Gasteiger partial charge < -0.3 is 10.3 Å². The van der Waals surface area contributed by atoms with Crippen molar-refractivity contribution < 1.29 is 0 Å². The Morgan fingerprint density at radius 3 is 3.00 bits per heavy atom. The molecule has 0 fully saturated rings. The number of pyridine rings is 1. The lowest BCUT2D eigenvalue weighted by Gasteiger charge is -2.12. The fourth-order valence-electron chi connectivity index (χ4n) is 1.48. The van der Waals surface area contributed by atoms with Crippen molar-refractivity contribution in [2.24, 2.45) is 0 Å². The second kappa shape index (κ2) is 4.75. The van der Waals surface area contributed by atoms with E-state index in [1.807, 2.05) is 36.8 Å². The average molecular weight is 201 g/mol. The Balaban J connectivity index is 1.90. The highest BCUT2D eigenvalue weighted by Crippen LogP contribution is 2.08. The molecule has 0 radical (unpaired) electrons. The molecule has 2 N–H and O–H groups in total. The molecule has 0 aliphatic heterocycles. The van der Waals surface area contributed by atoms with E-state index in [0.29, 0.717) is 0 Å². The number of aromatic amines is 1. The quantitative estimate of drug-likeness (QED) is 0.796. The minimum absolute atomic E-state index is 0.279. The normalized spacial score (nSPS) is 12.6. The zero-order chi connectivity index (χ0) is 10.5. The van der Waals surface area contributed by atoms with E-state index in [1.165, 1.54) is 5.56 Å². The van der Waals surface area contributed by atoms with Crippen LogP contribution < -0.4 is 5.32 Å². The summed E-state index contributed by atoms with van der Waals surface area (Å²) < 4.78 is 0. The van der Waals surface area contributed by atoms with Crippen LogP contribution in [0.15, 0.2) is 42.9 Å². The van der Waals surface area contributed by atoms with Gasteiger partial charge >= 0.3 is 0 Å². The Morgan fingerprint density at radius 1 is 1.40 bits per heavy atom. The Morgan fingerprint density at radius 2 is 2.33 bits per heavy atom. The summed E-state index contributed by atoms with van der Waals surface area (Å²) in [6.45, 7) is 2.98. The Hall–Kier alpha value is -1.61. The number of H-pyrrole nitrogens is 1. The van der Waals surface area contributed by atoms with Gasteiger partial charge in [0.1, 0.15) is 0 Å². The maximum Gasteiger partial charge on any atom is 0.0570 e. The van der Waals surface area contributed by atoms with Gasteiger partial charge in [0.2, 0.25) is 0 Å². The van der Waals surface area contributed by atoms with E-state index in [0.717, 1.165) is 12.2 Å². The molecule has 0 aromatic carbocycles. The largest absolute Gasteiger partial charge is 0.367 e. The number of hydrogen-bond acceptors (Lipinski definition) is 2. The number of nitrogens with zero attached hydrogens (tertiary/aromatic N) is 1. The topological polar surface area (TPSA) is 40.7 Å². The first-order valence-corrected chi connectivity index (χ1v) is 5.12. The van der Waals surface area contributed by atoms with E-state index in [4.69, 9.17) is 0 Å². The molecule has 1 atom stereocenters. The molecule has 0 aliphatic carbocycles. The van der Waals surface area contributed by atoms with Crippen molar-refractivity contribution in [2.75, 3.05) is 0 Å². The molecule has 0 aliphatic rings. The summed E-state index contributed by atoms with van der Waals surface area (Å²) in [4.78, 5) is 7.35. The van der Waals surface area contributed by atoms with Gasteiger partial charge in [0.25, 0.3) is 0 Å². The highest BCUT2D eigenvalue weighted by molar-refractivity contribution is 5.10. The molecule has 0 bridgehead atoms. The fourth-order valence-corrected chi connectivity index (χ4v) is 1.48. The zero-order valence-electron chi connectivity index (χ0n) is 8.77. The van der Waals surface area contributed by atoms with Gasteiger partial charge in [0.15, 0.2) is 0 Å². The van der Waals surface area contributed by atoms with Gasteiger partial charge in [-0.15, -0.1) is 0 Å². The lowest BCUT2D eigenvalue weighted by molar-refractivity contribution is 0.562. The van der Waals surface area contributed by atoms with Crippen molar-refractivity contribution in [2.45, 2.75) is 19.5 Å². The van der Waals surface area contributed by atoms with Crippen LogP contribution in [0.25, 0.3) is 0 Å². The fraction of sp³-hybridized carbons (Fsp3) is 0.250. The van der Waals surface area contributed by atoms with Gasteiger partial charge in [0.05, 0.1) is 5.69 Å². The van der Waals surface area contributed by atoms with E-state index < -0.39 is 0 Å². The molecule has 2 aromatic rings. The van der Waals surface area contributed by atoms with Gasteiger partial charge in [0, 0.05) is 31.2 Å². The summed E-state index contributed by atoms with van der Waals surface area (Å²) in [6, 6.07) is 8.33. The van der Waals surface area contributed by atoms with Crippen LogP contribution in [0.4, 0.5) is 0 Å². The average Bonchev–Trinajstić information content (AvgIpc) is 2.80. The molecule has 3 heteroatoms. The number of nitrogens with one attached hydrogen (secondary N) is 2. The highest BCUT2D eigenvalue weighted by atomic mass is 14.9. The summed E-state index contributed by atoms with van der Waals surface area (Å²) >= 11 is 0. The van der Waals surface area contributed by atoms with Crippen LogP contribution in [0.2, 0.25) is 0 Å². The predicted octanol–water partition coefficient (Wildman–Crippen LogP) is 2.26. The van der Waals surface area contributed by atoms with Gasteiger partial charge in [-0.3, -0.25) is 4.98 Å². The minimum atomic E-state index is 0.279. The van der Waals surface area contributed by atoms with Crippen LogP contribution >= 0.6 is 0 Å². The van der Waals surface area contributed by atoms with Crippen molar-refractivity contribution in [3.05, 3.63) is 54.1 Å². The molecule has 0 saturated heterocycles. The molecule has 2 rings (SSSR count). The molecular weight excluding hydrogens is 186 g/mol. The van der Waals surface area contributed by atoms with E-state index in [-0.39, 0.29) is 6.04 Å². The summed E-state index contributed by atoms with van der Waals surface area (Å²) in [6.07, 6.45) is 5.75. The van der Waals surface area contributed by atoms with E-state index in [2.05, 4.69) is 28.3 Å². The van der Waals surface area contributed by atoms with Gasteiger partial charge in [-0.05, 0) is 30.7 Å². The smallest absolute Gasteiger partial charge is 0.0570 e. The molecule has 2 aromatic heterocycles. The van der Waals surface area contributed by atoms with Crippen molar-refractivity contribution >= 4 is 0 Å². The van der Waals surface area contributed by atoms with Crippen molar-refractivity contribution in [3.63, 3.8) is 0 Å². The number of hydrogen-bond donors (Lipinski definition) is 2. The first-order valence-electron chi connectivity index (χ1n) is 5.12. The second-order valence-electron chi connectivity index (χ2n) is 3.58. The van der Waals surface area contributed by atoms with Crippen LogP contribution in [0.5, 0.6) is 0 Å². The molecule has 2 heterocycles. The van der Waals surface area contributed by atoms with Crippen molar-refractivity contribution in [1.82, 2.24) is 15.3 Å². The van der Waals surface area contributed by atoms with E-state index >= 15 is 0 Å². The zero-order valence-corrected chi connectivity index (χ0v) is 8.77. The molecule has 1 unspecified atom stereocenters. The summed E-state index contributed by atoms with van der Waals surface area (Å²) in [7, 11) is 0. The summed E-state index contributed by atoms with van der Waals surface area (Å²) in [5.74, 6) is 0. The molecule has 0 saturated carbocycles. The van der Waals surface area contributed by atoms with Crippen LogP contribution in [0.1, 0.15) is 24.2 Å². The van der Waals surface area contributed by atoms with Crippen LogP contribution in [-0.2, 0) is 6.54 Å². The lowest BCUT2D eigenvalue weighted by atomic mass is 10.2. The maximum absolute atomic E-state index is 4.31. The number of rotatable bonds is 4. The molecule has 0 spiro atoms. The van der Waals surface area contributed by atoms with Gasteiger partial charge in [-0.25, -0.2) is 0 Å². The summed E-state index contributed by atoms with van der Waals surface area (Å²) in [5, 5.41) is 3.42. The maximum atomic E-state index is 4.31. The minimum Gasteiger partial charge on any atom is -0.367 e. The SMILES string of the molecule is CC(NCc1cc[nH]c1)c1ccccn1. The van der Waals surface area contributed by atoms with Gasteiger partial charge in [-0.2, -0.15) is 0 Å². The standard InChI is InChI=1S/C12H15N3/c1-10(12-4-2-3-6-14-12)15-9-11-5-7-13-8-11/h2-8,10,13,15H,9H2,1H3. The third-order valence-electron chi connectivity index (χ3n) is 2.41. The molecule has 3 nitrogen and oxygen atoms in total. The first kappa shape index (κ1) is 9.93. The van der Waals surface area contributed by atoms with Crippen molar-refractivity contribution in [1.29, 1.82) is 0 Å². The number of aromatic nitrogens is 2. The Bertz CT molecular complexity index is 381. The molecule has 0 amide bonds. The highest BCUT2D eigenvalue weighted by Gasteiger charge is 2.04. The van der Waals surface area contributed by atoms with Gasteiger partial charge in [-0.1, -0.05) is 6.07 Å². The predicted molar refractivity (Wildman–Crippen MR) is 60.3 cm³/mol. The van der Waals surface area contributed by atoms with Crippen LogP contribution in [0, 0.1) is 0 Å².